The number of hydrogen-bond donors (Lipinski definition) is 1. The van der Waals surface area contributed by atoms with E-state index in [0.717, 1.165) is 0 Å². The maximum atomic E-state index is 13.8. The SMILES string of the molecule is CC1(C)CN(S(=O)(=O)c2ccc(Br)cc2F)CCN1. The molecule has 1 aromatic rings. The van der Waals surface area contributed by atoms with E-state index >= 15 is 0 Å². The molecule has 0 atom stereocenters. The number of hydrogen-bond acceptors (Lipinski definition) is 3. The molecule has 0 amide bonds. The molecule has 1 aliphatic rings. The molecule has 0 spiro atoms. The van der Waals surface area contributed by atoms with Crippen LogP contribution in [0.4, 0.5) is 4.39 Å². The van der Waals surface area contributed by atoms with Crippen molar-refractivity contribution in [2.45, 2.75) is 24.3 Å². The molecule has 7 heteroatoms. The zero-order valence-electron chi connectivity index (χ0n) is 10.8. The van der Waals surface area contributed by atoms with Crippen molar-refractivity contribution >= 4 is 26.0 Å². The van der Waals surface area contributed by atoms with E-state index in [0.29, 0.717) is 24.1 Å². The third kappa shape index (κ3) is 3.16. The van der Waals surface area contributed by atoms with Gasteiger partial charge in [0.25, 0.3) is 0 Å². The summed E-state index contributed by atoms with van der Waals surface area (Å²) in [6, 6.07) is 3.99. The normalized spacial score (nSPS) is 20.4. The third-order valence-corrected chi connectivity index (χ3v) is 5.42. The van der Waals surface area contributed by atoms with Crippen LogP contribution in [0.25, 0.3) is 0 Å². The lowest BCUT2D eigenvalue weighted by Gasteiger charge is -2.38. The number of sulfonamides is 1. The number of nitrogens with zero attached hydrogens (tertiary/aromatic N) is 1. The second-order valence-corrected chi connectivity index (χ2v) is 8.05. The second kappa shape index (κ2) is 5.12. The average molecular weight is 351 g/mol. The van der Waals surface area contributed by atoms with Crippen LogP contribution in [0.2, 0.25) is 0 Å². The summed E-state index contributed by atoms with van der Waals surface area (Å²) in [6.45, 7) is 5.08. The Morgan fingerprint density at radius 2 is 2.11 bits per heavy atom. The minimum atomic E-state index is -3.78. The highest BCUT2D eigenvalue weighted by atomic mass is 79.9. The lowest BCUT2D eigenvalue weighted by atomic mass is 10.0. The van der Waals surface area contributed by atoms with E-state index in [4.69, 9.17) is 0 Å². The standard InChI is InChI=1S/C12H16BrFN2O2S/c1-12(2)8-16(6-5-15-12)19(17,18)11-4-3-9(13)7-10(11)14/h3-4,7,15H,5-6,8H2,1-2H3. The minimum Gasteiger partial charge on any atom is -0.309 e. The average Bonchev–Trinajstić information content (AvgIpc) is 2.27. The van der Waals surface area contributed by atoms with Crippen molar-refractivity contribution in [1.29, 1.82) is 0 Å². The predicted octanol–water partition coefficient (Wildman–Crippen LogP) is 1.96. The quantitative estimate of drug-likeness (QED) is 0.886. The van der Waals surface area contributed by atoms with E-state index in [1.807, 2.05) is 13.8 Å². The molecule has 0 aromatic heterocycles. The predicted molar refractivity (Wildman–Crippen MR) is 74.9 cm³/mol. The summed E-state index contributed by atoms with van der Waals surface area (Å²) in [7, 11) is -3.78. The van der Waals surface area contributed by atoms with Crippen molar-refractivity contribution in [3.8, 4) is 0 Å². The topological polar surface area (TPSA) is 49.4 Å². The highest BCUT2D eigenvalue weighted by molar-refractivity contribution is 9.10. The van der Waals surface area contributed by atoms with E-state index in [1.165, 1.54) is 22.5 Å². The first-order chi connectivity index (χ1) is 8.72. The van der Waals surface area contributed by atoms with Crippen LogP contribution in [0.3, 0.4) is 0 Å². The Morgan fingerprint density at radius 3 is 2.68 bits per heavy atom. The molecule has 0 saturated carbocycles. The van der Waals surface area contributed by atoms with Crippen molar-refractivity contribution in [2.24, 2.45) is 0 Å². The van der Waals surface area contributed by atoms with Crippen LogP contribution in [0.5, 0.6) is 0 Å². The zero-order valence-corrected chi connectivity index (χ0v) is 13.2. The summed E-state index contributed by atoms with van der Waals surface area (Å²) in [4.78, 5) is -0.270. The van der Waals surface area contributed by atoms with Crippen LogP contribution >= 0.6 is 15.9 Å². The van der Waals surface area contributed by atoms with Gasteiger partial charge in [0.05, 0.1) is 0 Å². The van der Waals surface area contributed by atoms with Gasteiger partial charge in [-0.1, -0.05) is 15.9 Å². The van der Waals surface area contributed by atoms with Crippen molar-refractivity contribution in [1.82, 2.24) is 9.62 Å². The van der Waals surface area contributed by atoms with Gasteiger partial charge in [0, 0.05) is 29.6 Å². The Bertz CT molecular complexity index is 589. The monoisotopic (exact) mass is 350 g/mol. The number of piperazine rings is 1. The molecule has 4 nitrogen and oxygen atoms in total. The van der Waals surface area contributed by atoms with Gasteiger partial charge in [-0.25, -0.2) is 12.8 Å². The van der Waals surface area contributed by atoms with Gasteiger partial charge in [0.2, 0.25) is 10.0 Å². The van der Waals surface area contributed by atoms with Gasteiger partial charge in [-0.3, -0.25) is 0 Å². The molecule has 0 radical (unpaired) electrons. The van der Waals surface area contributed by atoms with Crippen molar-refractivity contribution in [2.75, 3.05) is 19.6 Å². The first kappa shape index (κ1) is 14.9. The Kier molecular flexibility index (Phi) is 4.02. The first-order valence-electron chi connectivity index (χ1n) is 5.93. The maximum Gasteiger partial charge on any atom is 0.246 e. The molecule has 1 aliphatic heterocycles. The van der Waals surface area contributed by atoms with E-state index in [-0.39, 0.29) is 10.4 Å². The molecule has 0 aliphatic carbocycles. The maximum absolute atomic E-state index is 13.8. The van der Waals surface area contributed by atoms with Gasteiger partial charge in [0.15, 0.2) is 0 Å². The number of halogens is 2. The van der Waals surface area contributed by atoms with E-state index < -0.39 is 15.8 Å². The summed E-state index contributed by atoms with van der Waals surface area (Å²) in [5, 5.41) is 3.23. The van der Waals surface area contributed by atoms with Crippen LogP contribution in [0.1, 0.15) is 13.8 Å². The van der Waals surface area contributed by atoms with Crippen LogP contribution in [-0.4, -0.2) is 37.9 Å². The molecule has 1 fully saturated rings. The number of benzene rings is 1. The fourth-order valence-electron chi connectivity index (χ4n) is 2.12. The molecule has 1 heterocycles. The molecule has 19 heavy (non-hydrogen) atoms. The molecular formula is C12H16BrFN2O2S. The minimum absolute atomic E-state index is 0.270. The van der Waals surface area contributed by atoms with Gasteiger partial charge in [0.1, 0.15) is 10.7 Å². The second-order valence-electron chi connectivity index (χ2n) is 5.22. The summed E-state index contributed by atoms with van der Waals surface area (Å²) >= 11 is 3.12. The smallest absolute Gasteiger partial charge is 0.246 e. The van der Waals surface area contributed by atoms with Gasteiger partial charge in [-0.2, -0.15) is 4.31 Å². The van der Waals surface area contributed by atoms with E-state index in [9.17, 15) is 12.8 Å². The molecule has 0 bridgehead atoms. The Labute approximate surface area is 121 Å². The van der Waals surface area contributed by atoms with Crippen molar-refractivity contribution in [3.63, 3.8) is 0 Å². The summed E-state index contributed by atoms with van der Waals surface area (Å²) in [5.41, 5.74) is -0.308. The molecule has 106 valence electrons. The van der Waals surface area contributed by atoms with Crippen LogP contribution in [-0.2, 0) is 10.0 Å². The van der Waals surface area contributed by atoms with E-state index in [1.54, 1.807) is 0 Å². The highest BCUT2D eigenvalue weighted by Crippen LogP contribution is 2.24. The van der Waals surface area contributed by atoms with Crippen LogP contribution in [0.15, 0.2) is 27.6 Å². The van der Waals surface area contributed by atoms with Crippen molar-refractivity contribution < 1.29 is 12.8 Å². The Morgan fingerprint density at radius 1 is 1.42 bits per heavy atom. The Hall–Kier alpha value is -0.500. The highest BCUT2D eigenvalue weighted by Gasteiger charge is 2.35. The number of rotatable bonds is 2. The van der Waals surface area contributed by atoms with Gasteiger partial charge >= 0.3 is 0 Å². The van der Waals surface area contributed by atoms with Crippen molar-refractivity contribution in [3.05, 3.63) is 28.5 Å². The van der Waals surface area contributed by atoms with Gasteiger partial charge in [-0.05, 0) is 32.0 Å². The largest absolute Gasteiger partial charge is 0.309 e. The summed E-state index contributed by atoms with van der Waals surface area (Å²) in [6.07, 6.45) is 0. The van der Waals surface area contributed by atoms with Crippen LogP contribution < -0.4 is 5.32 Å². The summed E-state index contributed by atoms with van der Waals surface area (Å²) in [5.74, 6) is -0.731. The fraction of sp³-hybridized carbons (Fsp3) is 0.500. The molecule has 1 saturated heterocycles. The molecule has 1 aromatic carbocycles. The number of nitrogens with one attached hydrogen (secondary N) is 1. The fourth-order valence-corrected chi connectivity index (χ4v) is 4.10. The third-order valence-electron chi connectivity index (χ3n) is 3.05. The first-order valence-corrected chi connectivity index (χ1v) is 8.16. The zero-order chi connectivity index (χ0) is 14.3. The van der Waals surface area contributed by atoms with E-state index in [2.05, 4.69) is 21.2 Å². The van der Waals surface area contributed by atoms with Gasteiger partial charge in [-0.15, -0.1) is 0 Å². The molecule has 0 unspecified atom stereocenters. The Balaban J connectivity index is 2.37. The van der Waals surface area contributed by atoms with Crippen LogP contribution in [0, 0.1) is 5.82 Å². The molecule has 2 rings (SSSR count). The molecule has 1 N–H and O–H groups in total. The lowest BCUT2D eigenvalue weighted by Crippen LogP contribution is -2.58. The lowest BCUT2D eigenvalue weighted by molar-refractivity contribution is 0.233. The van der Waals surface area contributed by atoms with Gasteiger partial charge < -0.3 is 5.32 Å². The summed E-state index contributed by atoms with van der Waals surface area (Å²) < 4.78 is 40.6. The molecular weight excluding hydrogens is 335 g/mol.